The normalized spacial score (nSPS) is 15.3. The summed E-state index contributed by atoms with van der Waals surface area (Å²) in [6, 6.07) is 1.50. The van der Waals surface area contributed by atoms with E-state index in [2.05, 4.69) is 10.3 Å². The van der Waals surface area contributed by atoms with E-state index in [-0.39, 0.29) is 48.1 Å². The molecule has 1 atom stereocenters. The van der Waals surface area contributed by atoms with Crippen LogP contribution in [0.15, 0.2) is 15.7 Å². The first-order chi connectivity index (χ1) is 12.8. The van der Waals surface area contributed by atoms with Gasteiger partial charge in [0, 0.05) is 26.7 Å². The Bertz CT molecular complexity index is 996. The van der Waals surface area contributed by atoms with Gasteiger partial charge in [0.15, 0.2) is 0 Å². The molecular formula is C19H29Cl2N5O3. The number of aryl methyl sites for hydroxylation is 2. The predicted octanol–water partition coefficient (Wildman–Crippen LogP) is 1.42. The number of amides is 1. The van der Waals surface area contributed by atoms with E-state index in [1.165, 1.54) is 18.0 Å². The molecule has 0 bridgehead atoms. The van der Waals surface area contributed by atoms with Crippen LogP contribution < -0.4 is 22.3 Å². The molecule has 0 aliphatic heterocycles. The van der Waals surface area contributed by atoms with Crippen LogP contribution in [0.5, 0.6) is 0 Å². The zero-order valence-electron chi connectivity index (χ0n) is 16.9. The first-order valence-corrected chi connectivity index (χ1v) is 9.43. The molecule has 3 rings (SSSR count). The van der Waals surface area contributed by atoms with Crippen molar-refractivity contribution in [2.24, 2.45) is 25.7 Å². The third-order valence-corrected chi connectivity index (χ3v) is 5.63. The van der Waals surface area contributed by atoms with Gasteiger partial charge < -0.3 is 11.1 Å². The molecular weight excluding hydrogens is 417 g/mol. The molecule has 8 nitrogen and oxygen atoms in total. The number of halogens is 2. The molecule has 2 aromatic rings. The zero-order chi connectivity index (χ0) is 19.7. The van der Waals surface area contributed by atoms with Gasteiger partial charge in [0.25, 0.3) is 11.5 Å². The minimum absolute atomic E-state index is 0. The SMILES string of the molecule is Cc1cc(C(=O)NC(CN)C2CCCCC2)nc2c1c(=O)n(C)c(=O)n2C.Cl.Cl. The Morgan fingerprint density at radius 3 is 2.41 bits per heavy atom. The molecule has 1 aliphatic carbocycles. The van der Waals surface area contributed by atoms with Crippen LogP contribution in [0.25, 0.3) is 11.0 Å². The average Bonchev–Trinajstić information content (AvgIpc) is 2.68. The van der Waals surface area contributed by atoms with Crippen molar-refractivity contribution in [2.75, 3.05) is 6.54 Å². The van der Waals surface area contributed by atoms with Crippen molar-refractivity contribution in [3.63, 3.8) is 0 Å². The van der Waals surface area contributed by atoms with Crippen molar-refractivity contribution in [1.82, 2.24) is 19.4 Å². The number of fused-ring (bicyclic) bond motifs is 1. The van der Waals surface area contributed by atoms with Gasteiger partial charge in [-0.15, -0.1) is 24.8 Å². The fourth-order valence-electron chi connectivity index (χ4n) is 4.00. The second-order valence-corrected chi connectivity index (χ2v) is 7.44. The number of rotatable bonds is 4. The maximum atomic E-state index is 12.8. The summed E-state index contributed by atoms with van der Waals surface area (Å²) in [6.45, 7) is 2.12. The van der Waals surface area contributed by atoms with E-state index in [4.69, 9.17) is 5.73 Å². The molecule has 3 N–H and O–H groups in total. The van der Waals surface area contributed by atoms with Gasteiger partial charge in [-0.1, -0.05) is 19.3 Å². The number of hydrogen-bond donors (Lipinski definition) is 2. The van der Waals surface area contributed by atoms with Crippen LogP contribution in [0.4, 0.5) is 0 Å². The topological polar surface area (TPSA) is 112 Å². The summed E-state index contributed by atoms with van der Waals surface area (Å²) in [5.74, 6) is 0.0556. The van der Waals surface area contributed by atoms with E-state index >= 15 is 0 Å². The van der Waals surface area contributed by atoms with E-state index in [1.54, 1.807) is 20.0 Å². The maximum Gasteiger partial charge on any atom is 0.332 e. The van der Waals surface area contributed by atoms with Crippen LogP contribution in [-0.2, 0) is 14.1 Å². The molecule has 162 valence electrons. The molecule has 1 aliphatic rings. The second-order valence-electron chi connectivity index (χ2n) is 7.44. The Morgan fingerprint density at radius 1 is 1.21 bits per heavy atom. The van der Waals surface area contributed by atoms with E-state index in [0.29, 0.717) is 23.4 Å². The van der Waals surface area contributed by atoms with Gasteiger partial charge in [-0.2, -0.15) is 0 Å². The van der Waals surface area contributed by atoms with Gasteiger partial charge >= 0.3 is 5.69 Å². The fraction of sp³-hybridized carbons (Fsp3) is 0.579. The van der Waals surface area contributed by atoms with Crippen LogP contribution in [0.1, 0.15) is 48.2 Å². The molecule has 0 aromatic carbocycles. The molecule has 1 saturated carbocycles. The van der Waals surface area contributed by atoms with Crippen molar-refractivity contribution in [1.29, 1.82) is 0 Å². The van der Waals surface area contributed by atoms with Crippen molar-refractivity contribution in [3.8, 4) is 0 Å². The minimum Gasteiger partial charge on any atom is -0.346 e. The van der Waals surface area contributed by atoms with Gasteiger partial charge in [0.2, 0.25) is 0 Å². The van der Waals surface area contributed by atoms with E-state index in [1.807, 2.05) is 0 Å². The molecule has 1 fully saturated rings. The first kappa shape index (κ1) is 25.1. The minimum atomic E-state index is -0.473. The summed E-state index contributed by atoms with van der Waals surface area (Å²) >= 11 is 0. The maximum absolute atomic E-state index is 12.8. The number of nitrogens with one attached hydrogen (secondary N) is 1. The molecule has 0 radical (unpaired) electrons. The van der Waals surface area contributed by atoms with Crippen LogP contribution in [0, 0.1) is 12.8 Å². The Hall–Kier alpha value is -1.90. The number of nitrogens with zero attached hydrogens (tertiary/aromatic N) is 3. The third kappa shape index (κ3) is 4.82. The van der Waals surface area contributed by atoms with E-state index in [9.17, 15) is 14.4 Å². The van der Waals surface area contributed by atoms with Crippen LogP contribution >= 0.6 is 24.8 Å². The van der Waals surface area contributed by atoms with Gasteiger partial charge in [0.05, 0.1) is 5.39 Å². The van der Waals surface area contributed by atoms with Gasteiger partial charge in [-0.3, -0.25) is 18.7 Å². The van der Waals surface area contributed by atoms with Crippen LogP contribution in [0.2, 0.25) is 0 Å². The number of hydrogen-bond acceptors (Lipinski definition) is 5. The van der Waals surface area contributed by atoms with E-state index in [0.717, 1.165) is 30.3 Å². The molecule has 0 saturated heterocycles. The Labute approximate surface area is 181 Å². The van der Waals surface area contributed by atoms with Gasteiger partial charge in [-0.05, 0) is 37.3 Å². The summed E-state index contributed by atoms with van der Waals surface area (Å²) in [7, 11) is 2.98. The molecule has 2 heterocycles. The molecule has 10 heteroatoms. The summed E-state index contributed by atoms with van der Waals surface area (Å²) < 4.78 is 2.34. The Balaban J connectivity index is 0.00000210. The van der Waals surface area contributed by atoms with Crippen molar-refractivity contribution < 1.29 is 4.79 Å². The molecule has 2 aromatic heterocycles. The molecule has 0 spiro atoms. The van der Waals surface area contributed by atoms with Gasteiger partial charge in [-0.25, -0.2) is 9.78 Å². The zero-order valence-corrected chi connectivity index (χ0v) is 18.6. The monoisotopic (exact) mass is 445 g/mol. The lowest BCUT2D eigenvalue weighted by molar-refractivity contribution is 0.0910. The standard InChI is InChI=1S/C19H27N5O3.2ClH/c1-11-9-13(17(25)22-14(10-20)12-7-5-4-6-8-12)21-16-15(11)18(26)24(3)19(27)23(16)2;;/h9,12,14H,4-8,10,20H2,1-3H3,(H,22,25);2*1H. The smallest absolute Gasteiger partial charge is 0.332 e. The van der Waals surface area contributed by atoms with Crippen molar-refractivity contribution >= 4 is 41.8 Å². The number of pyridine rings is 1. The van der Waals surface area contributed by atoms with Crippen LogP contribution in [0.3, 0.4) is 0 Å². The second kappa shape index (κ2) is 10.2. The highest BCUT2D eigenvalue weighted by Gasteiger charge is 2.25. The lowest BCUT2D eigenvalue weighted by atomic mass is 9.84. The predicted molar refractivity (Wildman–Crippen MR) is 118 cm³/mol. The number of nitrogens with two attached hydrogens (primary N) is 1. The summed E-state index contributed by atoms with van der Waals surface area (Å²) in [5.41, 5.74) is 6.05. The van der Waals surface area contributed by atoms with Gasteiger partial charge in [0.1, 0.15) is 11.3 Å². The molecule has 29 heavy (non-hydrogen) atoms. The number of carbonyl (C=O) groups is 1. The number of carbonyl (C=O) groups excluding carboxylic acids is 1. The third-order valence-electron chi connectivity index (χ3n) is 5.63. The highest BCUT2D eigenvalue weighted by Crippen LogP contribution is 2.26. The lowest BCUT2D eigenvalue weighted by Crippen LogP contribution is -2.46. The number of aromatic nitrogens is 3. The van der Waals surface area contributed by atoms with Crippen molar-refractivity contribution in [3.05, 3.63) is 38.2 Å². The van der Waals surface area contributed by atoms with Crippen molar-refractivity contribution in [2.45, 2.75) is 45.1 Å². The first-order valence-electron chi connectivity index (χ1n) is 9.43. The fourth-order valence-corrected chi connectivity index (χ4v) is 4.00. The highest BCUT2D eigenvalue weighted by atomic mass is 35.5. The summed E-state index contributed by atoms with van der Waals surface area (Å²) in [4.78, 5) is 41.7. The largest absolute Gasteiger partial charge is 0.346 e. The Morgan fingerprint density at radius 2 is 1.83 bits per heavy atom. The Kier molecular flexibility index (Phi) is 8.86. The lowest BCUT2D eigenvalue weighted by Gasteiger charge is -2.30. The molecule has 1 unspecified atom stereocenters. The summed E-state index contributed by atoms with van der Waals surface area (Å²) in [5, 5.41) is 3.35. The van der Waals surface area contributed by atoms with Crippen LogP contribution in [-0.4, -0.2) is 32.6 Å². The summed E-state index contributed by atoms with van der Waals surface area (Å²) in [6.07, 6.45) is 5.69. The highest BCUT2D eigenvalue weighted by molar-refractivity contribution is 5.95. The average molecular weight is 446 g/mol. The molecule has 1 amide bonds. The van der Waals surface area contributed by atoms with E-state index < -0.39 is 11.2 Å². The quantitative estimate of drug-likeness (QED) is 0.738.